The zero-order chi connectivity index (χ0) is 23.3. The number of hydrogen-bond donors (Lipinski definition) is 1. The van der Waals surface area contributed by atoms with E-state index >= 15 is 0 Å². The van der Waals surface area contributed by atoms with Crippen LogP contribution in [-0.4, -0.2) is 48.8 Å². The maximum atomic E-state index is 13.2. The molecule has 1 saturated heterocycles. The van der Waals surface area contributed by atoms with Crippen molar-refractivity contribution in [3.8, 4) is 5.75 Å². The van der Waals surface area contributed by atoms with Crippen LogP contribution < -0.4 is 4.74 Å². The molecule has 3 aromatic carbocycles. The second-order valence-electron chi connectivity index (χ2n) is 8.12. The largest absolute Gasteiger partial charge is 0.573 e. The molecule has 3 aromatic rings. The Bertz CT molecular complexity index is 1040. The Labute approximate surface area is 203 Å². The van der Waals surface area contributed by atoms with E-state index in [1.54, 1.807) is 36.4 Å². The molecular weight excluding hydrogens is 467 g/mol. The van der Waals surface area contributed by atoms with Crippen LogP contribution >= 0.6 is 12.4 Å². The molecule has 0 spiro atoms. The average molecular weight is 494 g/mol. The van der Waals surface area contributed by atoms with E-state index < -0.39 is 24.5 Å². The van der Waals surface area contributed by atoms with Crippen molar-refractivity contribution >= 4 is 12.4 Å². The molecule has 182 valence electrons. The molecule has 8 heteroatoms. The molecule has 0 amide bonds. The van der Waals surface area contributed by atoms with Crippen molar-refractivity contribution in [1.82, 2.24) is 4.90 Å². The number of alkyl halides is 3. The summed E-state index contributed by atoms with van der Waals surface area (Å²) in [5.41, 5.74) is 0.784. The predicted octanol–water partition coefficient (Wildman–Crippen LogP) is 5.19. The van der Waals surface area contributed by atoms with Crippen LogP contribution in [0.15, 0.2) is 84.9 Å². The van der Waals surface area contributed by atoms with Crippen LogP contribution in [0.2, 0.25) is 0 Å². The highest BCUT2D eigenvalue weighted by molar-refractivity contribution is 5.85. The maximum absolute atomic E-state index is 13.2. The third-order valence-electron chi connectivity index (χ3n) is 6.08. The molecule has 2 atom stereocenters. The van der Waals surface area contributed by atoms with Crippen LogP contribution in [0.5, 0.6) is 5.75 Å². The van der Waals surface area contributed by atoms with E-state index in [-0.39, 0.29) is 23.7 Å². The van der Waals surface area contributed by atoms with Gasteiger partial charge in [-0.15, -0.1) is 25.6 Å². The number of hydrogen-bond acceptors (Lipinski definition) is 4. The Hall–Kier alpha value is -2.58. The van der Waals surface area contributed by atoms with Gasteiger partial charge in [0.2, 0.25) is 0 Å². The minimum atomic E-state index is -4.86. The molecule has 4 rings (SSSR count). The van der Waals surface area contributed by atoms with E-state index in [0.29, 0.717) is 31.8 Å². The monoisotopic (exact) mass is 493 g/mol. The number of halogens is 4. The van der Waals surface area contributed by atoms with Crippen LogP contribution in [0.1, 0.15) is 16.7 Å². The van der Waals surface area contributed by atoms with Gasteiger partial charge in [0.05, 0.1) is 24.7 Å². The van der Waals surface area contributed by atoms with E-state index in [9.17, 15) is 18.3 Å². The molecule has 4 nitrogen and oxygen atoms in total. The fourth-order valence-corrected chi connectivity index (χ4v) is 4.56. The first-order valence-electron chi connectivity index (χ1n) is 10.8. The number of nitrogens with zero attached hydrogens (tertiary/aromatic N) is 1. The third-order valence-corrected chi connectivity index (χ3v) is 6.08. The van der Waals surface area contributed by atoms with Crippen molar-refractivity contribution < 1.29 is 27.8 Å². The van der Waals surface area contributed by atoms with Gasteiger partial charge in [0.1, 0.15) is 5.75 Å². The standard InChI is InChI=1S/C26H26F3NO3.ClH/c27-26(28,29)33-23-14-8-7-13-22(23)25(19-31,21-11-5-2-6-12-21)24-18-30(15-16-32-24)17-20-9-3-1-4-10-20;/h1-14,24,31H,15-19H2;1H. The number of benzene rings is 3. The first-order chi connectivity index (χ1) is 15.9. The van der Waals surface area contributed by atoms with Crippen LogP contribution in [0, 0.1) is 0 Å². The molecule has 0 aliphatic carbocycles. The predicted molar refractivity (Wildman–Crippen MR) is 126 cm³/mol. The van der Waals surface area contributed by atoms with Gasteiger partial charge < -0.3 is 14.6 Å². The van der Waals surface area contributed by atoms with Gasteiger partial charge in [-0.3, -0.25) is 4.90 Å². The van der Waals surface area contributed by atoms with E-state index in [1.807, 2.05) is 36.4 Å². The molecule has 0 radical (unpaired) electrons. The third kappa shape index (κ3) is 5.73. The van der Waals surface area contributed by atoms with Crippen molar-refractivity contribution in [2.45, 2.75) is 24.4 Å². The van der Waals surface area contributed by atoms with Gasteiger partial charge in [0, 0.05) is 25.2 Å². The van der Waals surface area contributed by atoms with Crippen molar-refractivity contribution in [2.24, 2.45) is 0 Å². The Morgan fingerprint density at radius 1 is 0.912 bits per heavy atom. The van der Waals surface area contributed by atoms with Crippen LogP contribution in [-0.2, 0) is 16.7 Å². The van der Waals surface area contributed by atoms with Gasteiger partial charge in [0.15, 0.2) is 0 Å². The minimum absolute atomic E-state index is 0. The highest BCUT2D eigenvalue weighted by atomic mass is 35.5. The summed E-state index contributed by atoms with van der Waals surface area (Å²) in [4.78, 5) is 2.20. The lowest BCUT2D eigenvalue weighted by molar-refractivity contribution is -0.275. The molecule has 0 aromatic heterocycles. The molecule has 1 heterocycles. The first-order valence-corrected chi connectivity index (χ1v) is 10.8. The molecule has 1 aliphatic heterocycles. The molecule has 1 N–H and O–H groups in total. The van der Waals surface area contributed by atoms with Crippen molar-refractivity contribution in [2.75, 3.05) is 26.3 Å². The fraction of sp³-hybridized carbons (Fsp3) is 0.308. The normalized spacial score (nSPS) is 18.5. The molecular formula is C26H27ClF3NO3. The highest BCUT2D eigenvalue weighted by Crippen LogP contribution is 2.43. The van der Waals surface area contributed by atoms with Gasteiger partial charge in [-0.05, 0) is 17.2 Å². The average Bonchev–Trinajstić information content (AvgIpc) is 2.82. The Morgan fingerprint density at radius 2 is 1.53 bits per heavy atom. The molecule has 0 saturated carbocycles. The van der Waals surface area contributed by atoms with E-state index in [2.05, 4.69) is 9.64 Å². The second-order valence-corrected chi connectivity index (χ2v) is 8.12. The summed E-state index contributed by atoms with van der Waals surface area (Å²) in [7, 11) is 0. The van der Waals surface area contributed by atoms with Crippen molar-refractivity contribution in [3.63, 3.8) is 0 Å². The van der Waals surface area contributed by atoms with Gasteiger partial charge in [0.25, 0.3) is 0 Å². The summed E-state index contributed by atoms with van der Waals surface area (Å²) in [5.74, 6) is -0.341. The SMILES string of the molecule is Cl.OCC(c1ccccc1)(c1ccccc1OC(F)(F)F)C1CN(Cc2ccccc2)CCO1. The zero-order valence-electron chi connectivity index (χ0n) is 18.4. The van der Waals surface area contributed by atoms with Crippen LogP contribution in [0.25, 0.3) is 0 Å². The summed E-state index contributed by atoms with van der Waals surface area (Å²) in [6, 6.07) is 25.0. The number of ether oxygens (including phenoxy) is 2. The Kier molecular flexibility index (Phi) is 8.60. The van der Waals surface area contributed by atoms with Crippen molar-refractivity contribution in [1.29, 1.82) is 0 Å². The van der Waals surface area contributed by atoms with Crippen LogP contribution in [0.3, 0.4) is 0 Å². The van der Waals surface area contributed by atoms with Crippen molar-refractivity contribution in [3.05, 3.63) is 102 Å². The summed E-state index contributed by atoms with van der Waals surface area (Å²) >= 11 is 0. The molecule has 34 heavy (non-hydrogen) atoms. The summed E-state index contributed by atoms with van der Waals surface area (Å²) in [5, 5.41) is 10.8. The van der Waals surface area contributed by atoms with E-state index in [1.165, 1.54) is 12.1 Å². The molecule has 0 bridgehead atoms. The number of para-hydroxylation sites is 1. The van der Waals surface area contributed by atoms with Gasteiger partial charge in [-0.1, -0.05) is 78.9 Å². The quantitative estimate of drug-likeness (QED) is 0.492. The number of rotatable bonds is 7. The summed E-state index contributed by atoms with van der Waals surface area (Å²) < 4.78 is 50.3. The number of aliphatic hydroxyl groups excluding tert-OH is 1. The number of morpholine rings is 1. The molecule has 1 fully saturated rings. The summed E-state index contributed by atoms with van der Waals surface area (Å²) in [6.45, 7) is 1.75. The van der Waals surface area contributed by atoms with Gasteiger partial charge >= 0.3 is 6.36 Å². The fourth-order valence-electron chi connectivity index (χ4n) is 4.56. The molecule has 1 aliphatic rings. The lowest BCUT2D eigenvalue weighted by atomic mass is 9.70. The molecule has 2 unspecified atom stereocenters. The lowest BCUT2D eigenvalue weighted by Gasteiger charge is -2.45. The second kappa shape index (κ2) is 11.2. The van der Waals surface area contributed by atoms with Crippen LogP contribution in [0.4, 0.5) is 13.2 Å². The zero-order valence-corrected chi connectivity index (χ0v) is 19.3. The van der Waals surface area contributed by atoms with Gasteiger partial charge in [-0.2, -0.15) is 0 Å². The number of aliphatic hydroxyl groups is 1. The Morgan fingerprint density at radius 3 is 2.18 bits per heavy atom. The smallest absolute Gasteiger partial charge is 0.405 e. The van der Waals surface area contributed by atoms with Gasteiger partial charge in [-0.25, -0.2) is 0 Å². The first kappa shape index (κ1) is 26.0. The van der Waals surface area contributed by atoms with E-state index in [0.717, 1.165) is 5.56 Å². The lowest BCUT2D eigenvalue weighted by Crippen LogP contribution is -2.55. The summed E-state index contributed by atoms with van der Waals surface area (Å²) in [6.07, 6.45) is -5.46. The van der Waals surface area contributed by atoms with E-state index in [4.69, 9.17) is 4.74 Å². The Balaban J connectivity index is 0.00000324. The highest BCUT2D eigenvalue weighted by Gasteiger charge is 2.47. The topological polar surface area (TPSA) is 41.9 Å². The maximum Gasteiger partial charge on any atom is 0.573 e. The minimum Gasteiger partial charge on any atom is -0.405 e.